The number of fused-ring (bicyclic) bond motifs is 9. The number of hydrogen-bond acceptors (Lipinski definition) is 10. The fourth-order valence-corrected chi connectivity index (χ4v) is 9.93. The van der Waals surface area contributed by atoms with E-state index in [2.05, 4.69) is 4.98 Å². The average Bonchev–Trinajstić information content (AvgIpc) is 3.60. The molecule has 37 heavy (non-hydrogen) atoms. The van der Waals surface area contributed by atoms with Gasteiger partial charge in [-0.2, -0.15) is 0 Å². The molecule has 2 bridgehead atoms. The van der Waals surface area contributed by atoms with Crippen molar-refractivity contribution in [3.05, 3.63) is 32.2 Å². The van der Waals surface area contributed by atoms with Gasteiger partial charge in [0.1, 0.15) is 6.54 Å². The molecular formula is C25H26N2O8S2. The predicted octanol–water partition coefficient (Wildman–Crippen LogP) is 2.20. The number of benzene rings is 1. The molecule has 2 amide bonds. The van der Waals surface area contributed by atoms with E-state index in [1.165, 1.54) is 14.2 Å². The van der Waals surface area contributed by atoms with Gasteiger partial charge < -0.3 is 24.3 Å². The second-order valence-electron chi connectivity index (χ2n) is 9.80. The number of thiazole rings is 1. The van der Waals surface area contributed by atoms with E-state index in [1.807, 2.05) is 0 Å². The van der Waals surface area contributed by atoms with Crippen LogP contribution in [-0.4, -0.2) is 65.4 Å². The smallest absolute Gasteiger partial charge is 0.326 e. The van der Waals surface area contributed by atoms with Crippen molar-refractivity contribution in [2.75, 3.05) is 27.4 Å². The minimum Gasteiger partial charge on any atom is -0.502 e. The van der Waals surface area contributed by atoms with Crippen LogP contribution in [0.15, 0.2) is 22.0 Å². The molecule has 0 radical (unpaired) electrons. The van der Waals surface area contributed by atoms with Crippen molar-refractivity contribution in [3.8, 4) is 17.2 Å². The normalized spacial score (nSPS) is 31.2. The molecule has 7 atom stereocenters. The summed E-state index contributed by atoms with van der Waals surface area (Å²) >= 11 is 2.72. The second kappa shape index (κ2) is 8.80. The molecule has 6 rings (SSSR count). The lowest BCUT2D eigenvalue weighted by Gasteiger charge is -2.43. The Morgan fingerprint density at radius 1 is 1.11 bits per heavy atom. The van der Waals surface area contributed by atoms with E-state index in [0.717, 1.165) is 38.1 Å². The largest absolute Gasteiger partial charge is 0.502 e. The highest BCUT2D eigenvalue weighted by Crippen LogP contribution is 2.68. The number of nitrogens with one attached hydrogen (secondary N) is 1. The van der Waals surface area contributed by atoms with E-state index in [9.17, 15) is 24.3 Å². The topological polar surface area (TPSA) is 135 Å². The highest BCUT2D eigenvalue weighted by molar-refractivity contribution is 8.00. The highest BCUT2D eigenvalue weighted by Gasteiger charge is 2.69. The van der Waals surface area contributed by atoms with Crippen molar-refractivity contribution < 1.29 is 33.7 Å². The Morgan fingerprint density at radius 3 is 2.38 bits per heavy atom. The minimum atomic E-state index is -0.593. The van der Waals surface area contributed by atoms with Crippen LogP contribution in [0.25, 0.3) is 0 Å². The molecule has 2 N–H and O–H groups in total. The number of phenols is 1. The maximum absolute atomic E-state index is 13.5. The van der Waals surface area contributed by atoms with Crippen LogP contribution in [0.3, 0.4) is 0 Å². The molecular weight excluding hydrogens is 520 g/mol. The predicted molar refractivity (Wildman–Crippen MR) is 133 cm³/mol. The van der Waals surface area contributed by atoms with Crippen molar-refractivity contribution in [2.45, 2.75) is 29.5 Å². The van der Waals surface area contributed by atoms with Gasteiger partial charge in [0.15, 0.2) is 11.5 Å². The van der Waals surface area contributed by atoms with Crippen molar-refractivity contribution >= 4 is 40.9 Å². The first-order valence-corrected chi connectivity index (χ1v) is 13.8. The lowest BCUT2D eigenvalue weighted by molar-refractivity contribution is -0.153. The monoisotopic (exact) mass is 546 g/mol. The van der Waals surface area contributed by atoms with Crippen LogP contribution in [0.1, 0.15) is 29.7 Å². The van der Waals surface area contributed by atoms with Crippen LogP contribution in [0.2, 0.25) is 0 Å². The molecule has 7 unspecified atom stereocenters. The Labute approximate surface area is 220 Å². The SMILES string of the molecule is CCOC(=O)CN1C(=O)C2C3CC(C2C1=O)C1C(c2cc(OC)c(O)c(OC)c2)c2sc(=O)[nH]c2SC31. The number of methoxy groups -OCH3 is 2. The van der Waals surface area contributed by atoms with Crippen LogP contribution in [0, 0.1) is 29.6 Å². The summed E-state index contributed by atoms with van der Waals surface area (Å²) in [5.41, 5.74) is 0.808. The average molecular weight is 547 g/mol. The Balaban J connectivity index is 1.43. The number of carbonyl (C=O) groups excluding carboxylic acids is 3. The summed E-state index contributed by atoms with van der Waals surface area (Å²) in [6, 6.07) is 3.50. The molecule has 2 aliphatic carbocycles. The highest BCUT2D eigenvalue weighted by atomic mass is 32.2. The number of thioether (sulfide) groups is 1. The van der Waals surface area contributed by atoms with E-state index < -0.39 is 17.8 Å². The first-order valence-electron chi connectivity index (χ1n) is 12.1. The summed E-state index contributed by atoms with van der Waals surface area (Å²) in [6.07, 6.45) is 0.727. The zero-order valence-corrected chi connectivity index (χ0v) is 22.0. The number of hydrogen-bond donors (Lipinski definition) is 2. The number of aromatic nitrogens is 1. The first-order chi connectivity index (χ1) is 17.8. The van der Waals surface area contributed by atoms with Gasteiger partial charge in [-0.1, -0.05) is 11.3 Å². The fraction of sp³-hybridized carbons (Fsp3) is 0.520. The van der Waals surface area contributed by atoms with E-state index in [4.69, 9.17) is 14.2 Å². The summed E-state index contributed by atoms with van der Waals surface area (Å²) in [6.45, 7) is 1.49. The van der Waals surface area contributed by atoms with Crippen LogP contribution < -0.4 is 14.3 Å². The summed E-state index contributed by atoms with van der Waals surface area (Å²) < 4.78 is 15.8. The third-order valence-electron chi connectivity index (χ3n) is 8.27. The molecule has 3 fully saturated rings. The number of carbonyl (C=O) groups is 3. The van der Waals surface area contributed by atoms with Crippen LogP contribution in [0.5, 0.6) is 17.2 Å². The molecule has 1 saturated heterocycles. The summed E-state index contributed by atoms with van der Waals surface area (Å²) in [5, 5.41) is 11.3. The zero-order chi connectivity index (χ0) is 26.2. The molecule has 196 valence electrons. The lowest BCUT2D eigenvalue weighted by atomic mass is 9.68. The first kappa shape index (κ1) is 24.4. The van der Waals surface area contributed by atoms with E-state index in [1.54, 1.807) is 30.8 Å². The van der Waals surface area contributed by atoms with E-state index in [-0.39, 0.29) is 76.0 Å². The summed E-state index contributed by atoms with van der Waals surface area (Å²) in [5.74, 6) is -2.25. The van der Waals surface area contributed by atoms with Crippen molar-refractivity contribution in [1.29, 1.82) is 0 Å². The van der Waals surface area contributed by atoms with Gasteiger partial charge in [-0.3, -0.25) is 24.1 Å². The summed E-state index contributed by atoms with van der Waals surface area (Å²) in [7, 11) is 2.92. The number of aromatic amines is 1. The Bertz CT molecular complexity index is 1340. The number of H-pyrrole nitrogens is 1. The standard InChI is InChI=1S/C25H26N2O8S2/c1-4-35-14(28)8-27-23(30)17-10-7-11(18(17)24(27)31)20-16(10)15(21-22(36-20)26-25(32)37-21)9-5-12(33-2)19(29)13(6-9)34-3/h5-6,10-11,15-18,20,29H,4,7-8H2,1-3H3,(H,26,32). The number of imide groups is 1. The van der Waals surface area contributed by atoms with Crippen molar-refractivity contribution in [2.24, 2.45) is 29.6 Å². The van der Waals surface area contributed by atoms with Gasteiger partial charge >= 0.3 is 10.8 Å². The van der Waals surface area contributed by atoms with Gasteiger partial charge in [-0.25, -0.2) is 0 Å². The fourth-order valence-electron chi connectivity index (χ4n) is 7.04. The number of aromatic hydroxyl groups is 1. The number of esters is 1. The number of ether oxygens (including phenoxy) is 3. The van der Waals surface area contributed by atoms with Gasteiger partial charge in [0.2, 0.25) is 17.6 Å². The van der Waals surface area contributed by atoms with Gasteiger partial charge in [0.05, 0.1) is 37.7 Å². The Kier molecular flexibility index (Phi) is 5.79. The molecule has 3 heterocycles. The zero-order valence-electron chi connectivity index (χ0n) is 20.4. The molecule has 1 aromatic carbocycles. The molecule has 1 aromatic heterocycles. The molecule has 2 saturated carbocycles. The molecule has 12 heteroatoms. The maximum Gasteiger partial charge on any atom is 0.326 e. The Morgan fingerprint density at radius 2 is 1.76 bits per heavy atom. The van der Waals surface area contributed by atoms with Gasteiger partial charge in [0.25, 0.3) is 0 Å². The van der Waals surface area contributed by atoms with Crippen LogP contribution >= 0.6 is 23.1 Å². The summed E-state index contributed by atoms with van der Waals surface area (Å²) in [4.78, 5) is 56.2. The third kappa shape index (κ3) is 3.44. The van der Waals surface area contributed by atoms with Crippen LogP contribution in [0.4, 0.5) is 0 Å². The lowest BCUT2D eigenvalue weighted by Crippen LogP contribution is -2.42. The van der Waals surface area contributed by atoms with Gasteiger partial charge in [-0.05, 0) is 48.8 Å². The number of nitrogens with zero attached hydrogens (tertiary/aromatic N) is 1. The molecule has 0 spiro atoms. The third-order valence-corrected chi connectivity index (χ3v) is 10.9. The molecule has 2 aromatic rings. The van der Waals surface area contributed by atoms with Gasteiger partial charge in [0, 0.05) is 16.0 Å². The molecule has 10 nitrogen and oxygen atoms in total. The van der Waals surface area contributed by atoms with Crippen molar-refractivity contribution in [3.63, 3.8) is 0 Å². The minimum absolute atomic E-state index is 0.000846. The Hall–Kier alpha value is -2.99. The van der Waals surface area contributed by atoms with Gasteiger partial charge in [-0.15, -0.1) is 11.8 Å². The van der Waals surface area contributed by atoms with E-state index in [0.29, 0.717) is 0 Å². The second-order valence-corrected chi connectivity index (χ2v) is 12.0. The quantitative estimate of drug-likeness (QED) is 0.413. The van der Waals surface area contributed by atoms with Crippen molar-refractivity contribution in [1.82, 2.24) is 9.88 Å². The molecule has 2 aliphatic heterocycles. The van der Waals surface area contributed by atoms with Crippen LogP contribution in [-0.2, 0) is 19.1 Å². The number of phenolic OH excluding ortho intramolecular Hbond substituents is 1. The number of likely N-dealkylation sites (tertiary alicyclic amines) is 1. The maximum atomic E-state index is 13.5. The number of rotatable bonds is 6. The number of amides is 2. The molecule has 4 aliphatic rings. The van der Waals surface area contributed by atoms with E-state index >= 15 is 0 Å².